The highest BCUT2D eigenvalue weighted by Crippen LogP contribution is 2.17. The molecule has 0 amide bonds. The van der Waals surface area contributed by atoms with Crippen molar-refractivity contribution in [1.29, 1.82) is 0 Å². The lowest BCUT2D eigenvalue weighted by Crippen LogP contribution is -2.28. The number of anilines is 1. The third kappa shape index (κ3) is 4.32. The first kappa shape index (κ1) is 17.5. The van der Waals surface area contributed by atoms with E-state index < -0.39 is 0 Å². The third-order valence-electron chi connectivity index (χ3n) is 4.09. The maximum absolute atomic E-state index is 5.39. The molecule has 0 spiro atoms. The van der Waals surface area contributed by atoms with Gasteiger partial charge in [0.15, 0.2) is 5.11 Å². The first-order chi connectivity index (χ1) is 10.9. The Bertz CT molecular complexity index is 671. The lowest BCUT2D eigenvalue weighted by Gasteiger charge is -2.12. The molecule has 0 bridgehead atoms. The monoisotopic (exact) mass is 330 g/mol. The van der Waals surface area contributed by atoms with E-state index in [1.165, 1.54) is 16.8 Å². The molecule has 2 rings (SSSR count). The van der Waals surface area contributed by atoms with Crippen molar-refractivity contribution in [1.82, 2.24) is 15.1 Å². The van der Waals surface area contributed by atoms with Crippen LogP contribution in [0.25, 0.3) is 0 Å². The van der Waals surface area contributed by atoms with Crippen molar-refractivity contribution >= 4 is 23.0 Å². The van der Waals surface area contributed by atoms with Crippen molar-refractivity contribution in [2.45, 2.75) is 53.6 Å². The number of nitrogens with zero attached hydrogens (tertiary/aromatic N) is 2. The summed E-state index contributed by atoms with van der Waals surface area (Å²) in [6.07, 6.45) is 0. The smallest absolute Gasteiger partial charge is 0.171 e. The van der Waals surface area contributed by atoms with Crippen molar-refractivity contribution in [3.63, 3.8) is 0 Å². The Kier molecular flexibility index (Phi) is 5.77. The number of benzene rings is 1. The Morgan fingerprint density at radius 2 is 1.87 bits per heavy atom. The van der Waals surface area contributed by atoms with Crippen LogP contribution in [0.3, 0.4) is 0 Å². The van der Waals surface area contributed by atoms with Crippen LogP contribution in [0.4, 0.5) is 5.69 Å². The van der Waals surface area contributed by atoms with Crippen LogP contribution in [0.5, 0.6) is 0 Å². The zero-order chi connectivity index (χ0) is 17.0. The molecule has 2 N–H and O–H groups in total. The highest BCUT2D eigenvalue weighted by molar-refractivity contribution is 7.80. The number of hydrogen-bond donors (Lipinski definition) is 2. The van der Waals surface area contributed by atoms with E-state index in [1.54, 1.807) is 0 Å². The zero-order valence-corrected chi connectivity index (χ0v) is 15.4. The Hall–Kier alpha value is -1.88. The fraction of sp³-hybridized carbons (Fsp3) is 0.444. The van der Waals surface area contributed by atoms with Crippen molar-refractivity contribution in [3.05, 3.63) is 46.8 Å². The highest BCUT2D eigenvalue weighted by Gasteiger charge is 2.10. The van der Waals surface area contributed by atoms with Gasteiger partial charge in [-0.3, -0.25) is 4.68 Å². The van der Waals surface area contributed by atoms with Crippen LogP contribution in [0, 0.1) is 13.8 Å². The molecule has 4 nitrogen and oxygen atoms in total. The van der Waals surface area contributed by atoms with Crippen LogP contribution >= 0.6 is 12.2 Å². The van der Waals surface area contributed by atoms with Gasteiger partial charge in [0.1, 0.15) is 0 Å². The summed E-state index contributed by atoms with van der Waals surface area (Å²) in [4.78, 5) is 0. The van der Waals surface area contributed by atoms with Gasteiger partial charge in [0.05, 0.1) is 5.69 Å². The molecule has 0 aliphatic heterocycles. The number of thiocarbonyl (C=S) groups is 1. The maximum Gasteiger partial charge on any atom is 0.171 e. The molecule has 124 valence electrons. The van der Waals surface area contributed by atoms with Gasteiger partial charge in [-0.15, -0.1) is 0 Å². The summed E-state index contributed by atoms with van der Waals surface area (Å²) in [6.45, 7) is 12.2. The van der Waals surface area contributed by atoms with Gasteiger partial charge in [-0.2, -0.15) is 5.10 Å². The molecule has 23 heavy (non-hydrogen) atoms. The van der Waals surface area contributed by atoms with Crippen molar-refractivity contribution in [3.8, 4) is 0 Å². The van der Waals surface area contributed by atoms with E-state index in [2.05, 4.69) is 67.7 Å². The van der Waals surface area contributed by atoms with Gasteiger partial charge < -0.3 is 10.6 Å². The fourth-order valence-corrected chi connectivity index (χ4v) is 2.78. The van der Waals surface area contributed by atoms with Gasteiger partial charge in [0, 0.05) is 30.0 Å². The average Bonchev–Trinajstić information content (AvgIpc) is 2.79. The van der Waals surface area contributed by atoms with Gasteiger partial charge in [0.2, 0.25) is 0 Å². The van der Waals surface area contributed by atoms with Crippen LogP contribution in [0.2, 0.25) is 0 Å². The predicted molar refractivity (Wildman–Crippen MR) is 101 cm³/mol. The summed E-state index contributed by atoms with van der Waals surface area (Å²) >= 11 is 5.39. The van der Waals surface area contributed by atoms with E-state index in [4.69, 9.17) is 12.2 Å². The molecule has 0 unspecified atom stereocenters. The van der Waals surface area contributed by atoms with Crippen molar-refractivity contribution in [2.75, 3.05) is 5.32 Å². The molecule has 1 heterocycles. The lowest BCUT2D eigenvalue weighted by atomic mass is 10.0. The van der Waals surface area contributed by atoms with E-state index in [9.17, 15) is 0 Å². The summed E-state index contributed by atoms with van der Waals surface area (Å²) < 4.78 is 2.02. The van der Waals surface area contributed by atoms with Gasteiger partial charge in [-0.25, -0.2) is 0 Å². The van der Waals surface area contributed by atoms with E-state index in [1.807, 2.05) is 11.6 Å². The van der Waals surface area contributed by atoms with Crippen molar-refractivity contribution < 1.29 is 0 Å². The van der Waals surface area contributed by atoms with Gasteiger partial charge in [-0.1, -0.05) is 26.0 Å². The molecular formula is C18H26N4S. The molecule has 0 atom stereocenters. The summed E-state index contributed by atoms with van der Waals surface area (Å²) in [5, 5.41) is 11.7. The van der Waals surface area contributed by atoms with E-state index in [-0.39, 0.29) is 0 Å². The Labute approximate surface area is 144 Å². The second-order valence-electron chi connectivity index (χ2n) is 6.05. The molecule has 0 saturated carbocycles. The predicted octanol–water partition coefficient (Wildman–Crippen LogP) is 4.13. The van der Waals surface area contributed by atoms with E-state index in [0.29, 0.717) is 17.6 Å². The zero-order valence-electron chi connectivity index (χ0n) is 14.6. The first-order valence-electron chi connectivity index (χ1n) is 8.10. The van der Waals surface area contributed by atoms with Gasteiger partial charge >= 0.3 is 0 Å². The van der Waals surface area contributed by atoms with Gasteiger partial charge in [0.25, 0.3) is 0 Å². The number of aromatic nitrogens is 2. The minimum Gasteiger partial charge on any atom is -0.358 e. The molecule has 0 fully saturated rings. The van der Waals surface area contributed by atoms with Crippen LogP contribution in [-0.2, 0) is 13.1 Å². The normalized spacial score (nSPS) is 10.9. The second kappa shape index (κ2) is 7.59. The molecule has 0 radical (unpaired) electrons. The Morgan fingerprint density at radius 1 is 1.22 bits per heavy atom. The largest absolute Gasteiger partial charge is 0.358 e. The summed E-state index contributed by atoms with van der Waals surface area (Å²) in [5.74, 6) is 0.537. The average molecular weight is 331 g/mol. The molecule has 1 aromatic carbocycles. The van der Waals surface area contributed by atoms with E-state index >= 15 is 0 Å². The number of aryl methyl sites for hydroxylation is 2. The number of hydrogen-bond acceptors (Lipinski definition) is 2. The SMILES string of the molecule is CCn1nc(C)c(CNC(=S)Nc2ccc(C(C)C)cc2)c1C. The van der Waals surface area contributed by atoms with Gasteiger partial charge in [-0.05, 0) is 56.6 Å². The highest BCUT2D eigenvalue weighted by atomic mass is 32.1. The maximum atomic E-state index is 5.39. The molecule has 0 aliphatic carbocycles. The number of rotatable bonds is 5. The van der Waals surface area contributed by atoms with Crippen molar-refractivity contribution in [2.24, 2.45) is 0 Å². The number of nitrogens with one attached hydrogen (secondary N) is 2. The molecule has 5 heteroatoms. The molecule has 1 aromatic heterocycles. The minimum absolute atomic E-state index is 0.537. The van der Waals surface area contributed by atoms with Crippen LogP contribution in [0.15, 0.2) is 24.3 Å². The van der Waals surface area contributed by atoms with E-state index in [0.717, 1.165) is 17.9 Å². The third-order valence-corrected chi connectivity index (χ3v) is 4.34. The molecule has 0 aliphatic rings. The van der Waals surface area contributed by atoms with Crippen LogP contribution in [-0.4, -0.2) is 14.9 Å². The summed E-state index contributed by atoms with van der Waals surface area (Å²) in [7, 11) is 0. The summed E-state index contributed by atoms with van der Waals surface area (Å²) in [6, 6.07) is 8.40. The molecule has 2 aromatic rings. The standard InChI is InChI=1S/C18H26N4S/c1-6-22-14(5)17(13(4)21-22)11-19-18(23)20-16-9-7-15(8-10-16)12(2)3/h7-10,12H,6,11H2,1-5H3,(H2,19,20,23). The minimum atomic E-state index is 0.537. The Morgan fingerprint density at radius 3 is 2.39 bits per heavy atom. The topological polar surface area (TPSA) is 41.9 Å². The molecular weight excluding hydrogens is 304 g/mol. The van der Waals surface area contributed by atoms with Crippen LogP contribution < -0.4 is 10.6 Å². The second-order valence-corrected chi connectivity index (χ2v) is 6.46. The summed E-state index contributed by atoms with van der Waals surface area (Å²) in [5.41, 5.74) is 5.80. The van der Waals surface area contributed by atoms with Crippen LogP contribution in [0.1, 0.15) is 49.2 Å². The lowest BCUT2D eigenvalue weighted by molar-refractivity contribution is 0.633. The Balaban J connectivity index is 1.94. The quantitative estimate of drug-likeness (QED) is 0.809. The fourth-order valence-electron chi connectivity index (χ4n) is 2.59. The first-order valence-corrected chi connectivity index (χ1v) is 8.50. The molecule has 0 saturated heterocycles.